The molecule has 1 aliphatic rings. The molecule has 0 aliphatic heterocycles. The van der Waals surface area contributed by atoms with Crippen LogP contribution in [0.3, 0.4) is 0 Å². The summed E-state index contributed by atoms with van der Waals surface area (Å²) >= 11 is 0. The summed E-state index contributed by atoms with van der Waals surface area (Å²) in [7, 11) is -6.00. The maximum absolute atomic E-state index is 9.75. The van der Waals surface area contributed by atoms with E-state index in [1.54, 1.807) is 12.1 Å². The van der Waals surface area contributed by atoms with Crippen LogP contribution in [-0.2, 0) is 19.5 Å². The first kappa shape index (κ1) is 27.3. The van der Waals surface area contributed by atoms with Crippen LogP contribution in [0.4, 0.5) is 17.3 Å². The van der Waals surface area contributed by atoms with Gasteiger partial charge in [-0.1, -0.05) is 24.3 Å². The van der Waals surface area contributed by atoms with Gasteiger partial charge in [0.15, 0.2) is 0 Å². The zero-order valence-electron chi connectivity index (χ0n) is 11.5. The Labute approximate surface area is 131 Å². The quantitative estimate of drug-likeness (QED) is 0.437. The zero-order valence-corrected chi connectivity index (χ0v) is 13.1. The van der Waals surface area contributed by atoms with E-state index in [-0.39, 0.29) is 19.5 Å². The van der Waals surface area contributed by atoms with Crippen LogP contribution in [0, 0.1) is 22.7 Å². The van der Waals surface area contributed by atoms with E-state index in [9.17, 15) is 17.3 Å². The Morgan fingerprint density at radius 1 is 0.850 bits per heavy atom. The van der Waals surface area contributed by atoms with Crippen molar-refractivity contribution in [1.82, 2.24) is 0 Å². The van der Waals surface area contributed by atoms with Gasteiger partial charge in [-0.05, 0) is 25.7 Å². The van der Waals surface area contributed by atoms with E-state index in [2.05, 4.69) is 24.3 Å². The molecule has 2 nitrogen and oxygen atoms in total. The number of rotatable bonds is 0. The molecule has 0 atom stereocenters. The Morgan fingerprint density at radius 2 is 1.05 bits per heavy atom. The normalized spacial score (nSPS) is 11.8. The van der Waals surface area contributed by atoms with Crippen molar-refractivity contribution in [2.45, 2.75) is 39.5 Å². The third kappa shape index (κ3) is 90.0. The van der Waals surface area contributed by atoms with Gasteiger partial charge in [0, 0.05) is 33.3 Å². The SMILES string of the molecule is C1=CCCCCC=C1.CC#N.CC#N.F[B-](F)(F)F.[Rh]. The third-order valence-electron chi connectivity index (χ3n) is 1.37. The van der Waals surface area contributed by atoms with Crippen molar-refractivity contribution in [1.29, 1.82) is 10.5 Å². The first-order chi connectivity index (χ1) is 8.83. The number of nitriles is 2. The molecule has 0 aromatic rings. The van der Waals surface area contributed by atoms with Crippen LogP contribution in [0.1, 0.15) is 39.5 Å². The van der Waals surface area contributed by atoms with Crippen LogP contribution < -0.4 is 0 Å². The number of allylic oxidation sites excluding steroid dienone is 4. The minimum absolute atomic E-state index is 0. The Morgan fingerprint density at radius 3 is 1.25 bits per heavy atom. The number of nitrogens with zero attached hydrogens (tertiary/aromatic N) is 2. The smallest absolute Gasteiger partial charge is 0.418 e. The van der Waals surface area contributed by atoms with E-state index in [1.165, 1.54) is 39.5 Å². The Balaban J connectivity index is -0.0000000935. The van der Waals surface area contributed by atoms with E-state index in [0.29, 0.717) is 0 Å². The second-order valence-electron chi connectivity index (χ2n) is 3.08. The van der Waals surface area contributed by atoms with Crippen LogP contribution in [-0.4, -0.2) is 7.25 Å². The molecule has 0 saturated carbocycles. The molecule has 0 aromatic carbocycles. The second-order valence-corrected chi connectivity index (χ2v) is 3.08. The molecule has 8 heteroatoms. The molecule has 1 rings (SSSR count). The van der Waals surface area contributed by atoms with E-state index in [1.807, 2.05) is 0 Å². The van der Waals surface area contributed by atoms with Gasteiger partial charge in [0.2, 0.25) is 0 Å². The molecule has 0 bridgehead atoms. The molecule has 0 unspecified atom stereocenters. The summed E-state index contributed by atoms with van der Waals surface area (Å²) in [6.45, 7) is 2.86. The van der Waals surface area contributed by atoms with Gasteiger partial charge in [-0.15, -0.1) is 0 Å². The first-order valence-electron chi connectivity index (χ1n) is 5.64. The molecule has 0 aromatic heterocycles. The molecular formula is C12H18BF4N2Rh-. The van der Waals surface area contributed by atoms with E-state index in [0.717, 1.165) is 0 Å². The van der Waals surface area contributed by atoms with Crippen LogP contribution in [0.25, 0.3) is 0 Å². The molecule has 20 heavy (non-hydrogen) atoms. The maximum Gasteiger partial charge on any atom is 0.673 e. The van der Waals surface area contributed by atoms with Gasteiger partial charge in [-0.25, -0.2) is 0 Å². The van der Waals surface area contributed by atoms with Gasteiger partial charge < -0.3 is 17.3 Å². The van der Waals surface area contributed by atoms with Crippen molar-refractivity contribution in [3.8, 4) is 12.1 Å². The van der Waals surface area contributed by atoms with Gasteiger partial charge in [0.05, 0.1) is 12.1 Å². The molecule has 1 aliphatic carbocycles. The topological polar surface area (TPSA) is 47.6 Å². The standard InChI is InChI=1S/C8H12.2C2H3N.BF4.Rh/c1-2-4-6-8-7-5-3-1;2*1-2-3;2-1(3,4)5;/h1-4H,5-8H2;2*1H3;;/q;;;-1;. The predicted octanol–water partition coefficient (Wildman–Crippen LogP) is 5.03. The fourth-order valence-electron chi connectivity index (χ4n) is 0.874. The fraction of sp³-hybridized carbons (Fsp3) is 0.500. The molecule has 1 radical (unpaired) electrons. The molecule has 0 N–H and O–H groups in total. The Hall–Kier alpha value is -1.13. The summed E-state index contributed by atoms with van der Waals surface area (Å²) in [5, 5.41) is 14.6. The monoisotopic (exact) mass is 380 g/mol. The summed E-state index contributed by atoms with van der Waals surface area (Å²) in [6.07, 6.45) is 14.0. The average Bonchev–Trinajstić information content (AvgIpc) is 2.15. The van der Waals surface area contributed by atoms with Gasteiger partial charge in [-0.3, -0.25) is 0 Å². The van der Waals surface area contributed by atoms with E-state index in [4.69, 9.17) is 10.5 Å². The van der Waals surface area contributed by atoms with Crippen LogP contribution in [0.2, 0.25) is 0 Å². The second kappa shape index (κ2) is 23.0. The van der Waals surface area contributed by atoms with Crippen molar-refractivity contribution in [3.63, 3.8) is 0 Å². The van der Waals surface area contributed by atoms with Crippen LogP contribution >= 0.6 is 0 Å². The molecule has 117 valence electrons. The third-order valence-corrected chi connectivity index (χ3v) is 1.37. The molecular weight excluding hydrogens is 362 g/mol. The van der Waals surface area contributed by atoms with Crippen molar-refractivity contribution in [2.75, 3.05) is 0 Å². The fourth-order valence-corrected chi connectivity index (χ4v) is 0.874. The molecule has 0 spiro atoms. The van der Waals surface area contributed by atoms with E-state index >= 15 is 0 Å². The molecule has 0 amide bonds. The summed E-state index contributed by atoms with van der Waals surface area (Å²) in [5.74, 6) is 0. The van der Waals surface area contributed by atoms with Gasteiger partial charge in [-0.2, -0.15) is 10.5 Å². The minimum Gasteiger partial charge on any atom is -0.418 e. The largest absolute Gasteiger partial charge is 0.673 e. The Kier molecular flexibility index (Phi) is 31.3. The molecule has 0 heterocycles. The Bertz CT molecular complexity index is 285. The summed E-state index contributed by atoms with van der Waals surface area (Å²) in [4.78, 5) is 0. The molecule has 0 saturated heterocycles. The predicted molar refractivity (Wildman–Crippen MR) is 69.5 cm³/mol. The van der Waals surface area contributed by atoms with Crippen molar-refractivity contribution in [2.24, 2.45) is 0 Å². The average molecular weight is 380 g/mol. The van der Waals surface area contributed by atoms with Crippen LogP contribution in [0.5, 0.6) is 0 Å². The van der Waals surface area contributed by atoms with Gasteiger partial charge >= 0.3 is 7.25 Å². The first-order valence-corrected chi connectivity index (χ1v) is 5.64. The summed E-state index contributed by atoms with van der Waals surface area (Å²) < 4.78 is 39.0. The van der Waals surface area contributed by atoms with Crippen molar-refractivity contribution < 1.29 is 36.7 Å². The minimum atomic E-state index is -6.00. The van der Waals surface area contributed by atoms with Crippen molar-refractivity contribution in [3.05, 3.63) is 24.3 Å². The maximum atomic E-state index is 9.75. The van der Waals surface area contributed by atoms with E-state index < -0.39 is 7.25 Å². The number of hydrogen-bond acceptors (Lipinski definition) is 2. The number of hydrogen-bond donors (Lipinski definition) is 0. The summed E-state index contributed by atoms with van der Waals surface area (Å²) in [5.41, 5.74) is 0. The zero-order chi connectivity index (χ0) is 15.6. The number of halogens is 4. The summed E-state index contributed by atoms with van der Waals surface area (Å²) in [6, 6.07) is 3.50. The van der Waals surface area contributed by atoms with Crippen LogP contribution in [0.15, 0.2) is 24.3 Å². The van der Waals surface area contributed by atoms with Crippen molar-refractivity contribution >= 4 is 7.25 Å². The van der Waals surface area contributed by atoms with Gasteiger partial charge in [0.25, 0.3) is 0 Å². The van der Waals surface area contributed by atoms with Gasteiger partial charge in [0.1, 0.15) is 0 Å². The molecule has 0 fully saturated rings.